The molecule has 0 saturated carbocycles. The van der Waals surface area contributed by atoms with Crippen molar-refractivity contribution in [1.29, 1.82) is 0 Å². The van der Waals surface area contributed by atoms with Crippen molar-refractivity contribution in [2.75, 3.05) is 6.54 Å². The molecule has 7 nitrogen and oxygen atoms in total. The highest BCUT2D eigenvalue weighted by molar-refractivity contribution is 7.91. The maximum atomic E-state index is 12.3. The first-order valence-corrected chi connectivity index (χ1v) is 8.27. The third kappa shape index (κ3) is 3.44. The van der Waals surface area contributed by atoms with Gasteiger partial charge < -0.3 is 4.74 Å². The van der Waals surface area contributed by atoms with E-state index in [-0.39, 0.29) is 32.2 Å². The fourth-order valence-electron chi connectivity index (χ4n) is 2.31. The number of hydrogen-bond donors (Lipinski definition) is 3. The second-order valence-electron chi connectivity index (χ2n) is 4.90. The molecular weight excluding hydrogens is 326 g/mol. The van der Waals surface area contributed by atoms with Crippen molar-refractivity contribution >= 4 is 28.6 Å². The van der Waals surface area contributed by atoms with Gasteiger partial charge in [-0.1, -0.05) is 37.8 Å². The van der Waals surface area contributed by atoms with Gasteiger partial charge in [-0.15, -0.1) is 0 Å². The van der Waals surface area contributed by atoms with Gasteiger partial charge in [0.2, 0.25) is 14.9 Å². The van der Waals surface area contributed by atoms with Crippen LogP contribution in [-0.2, 0) is 26.2 Å². The molecular formula is C13H21N3O4S2. The van der Waals surface area contributed by atoms with E-state index < -0.39 is 20.9 Å². The Bertz CT molecular complexity index is 623. The molecule has 2 atom stereocenters. The topological polar surface area (TPSA) is 116 Å². The molecule has 4 N–H and O–H groups in total. The summed E-state index contributed by atoms with van der Waals surface area (Å²) in [6.07, 6.45) is -0.112. The van der Waals surface area contributed by atoms with Gasteiger partial charge in [0, 0.05) is 18.2 Å². The van der Waals surface area contributed by atoms with Crippen LogP contribution in [0.15, 0.2) is 30.3 Å². The lowest BCUT2D eigenvalue weighted by atomic mass is 10.2. The molecule has 0 aromatic heterocycles. The molecule has 0 amide bonds. The minimum atomic E-state index is -4.27. The average molecular weight is 347 g/mol. The first-order valence-electron chi connectivity index (χ1n) is 6.21. The minimum Gasteiger partial charge on any atom is -0.459 e. The van der Waals surface area contributed by atoms with E-state index in [1.54, 1.807) is 24.3 Å². The van der Waals surface area contributed by atoms with Crippen LogP contribution in [0.4, 0.5) is 0 Å². The molecule has 1 aliphatic rings. The summed E-state index contributed by atoms with van der Waals surface area (Å²) in [5.74, 6) is 4.71. The Hall–Kier alpha value is -1.13. The standard InChI is InChI=1S/C12H17N3O4S2.CH4/c13-15-7-10(20)6-12(15,21(14,17)18)11(16)19-8-9-4-2-1-3-5-9;/h1-5,10,20H,6-8,13H2,(H2,14,17,18);1H4. The summed E-state index contributed by atoms with van der Waals surface area (Å²) >= 11 is 4.18. The zero-order valence-corrected chi connectivity index (χ0v) is 12.9. The molecule has 22 heavy (non-hydrogen) atoms. The fraction of sp³-hybridized carbons (Fsp3) is 0.462. The molecule has 1 aromatic carbocycles. The van der Waals surface area contributed by atoms with Crippen molar-refractivity contribution in [3.8, 4) is 0 Å². The Morgan fingerprint density at radius 2 is 2.00 bits per heavy atom. The molecule has 1 saturated heterocycles. The third-order valence-corrected chi connectivity index (χ3v) is 5.24. The third-order valence-electron chi connectivity index (χ3n) is 3.39. The number of primary sulfonamides is 1. The number of carbonyl (C=O) groups is 1. The van der Waals surface area contributed by atoms with Crippen molar-refractivity contribution in [3.05, 3.63) is 35.9 Å². The summed E-state index contributed by atoms with van der Waals surface area (Å²) in [7, 11) is -4.27. The molecule has 124 valence electrons. The van der Waals surface area contributed by atoms with Gasteiger partial charge >= 0.3 is 5.97 Å². The number of thiol groups is 1. The number of sulfonamides is 1. The zero-order chi connectivity index (χ0) is 15.7. The van der Waals surface area contributed by atoms with E-state index in [0.29, 0.717) is 0 Å². The van der Waals surface area contributed by atoms with E-state index >= 15 is 0 Å². The molecule has 0 aliphatic carbocycles. The van der Waals surface area contributed by atoms with E-state index in [1.807, 2.05) is 6.07 Å². The molecule has 9 heteroatoms. The Morgan fingerprint density at radius 1 is 1.41 bits per heavy atom. The van der Waals surface area contributed by atoms with Crippen molar-refractivity contribution in [2.24, 2.45) is 11.0 Å². The summed E-state index contributed by atoms with van der Waals surface area (Å²) < 4.78 is 28.9. The Balaban J connectivity index is 0.00000242. The van der Waals surface area contributed by atoms with Crippen molar-refractivity contribution in [3.63, 3.8) is 0 Å². The highest BCUT2D eigenvalue weighted by Gasteiger charge is 2.59. The van der Waals surface area contributed by atoms with Crippen molar-refractivity contribution < 1.29 is 17.9 Å². The quantitative estimate of drug-likeness (QED) is 0.408. The predicted molar refractivity (Wildman–Crippen MR) is 87.1 cm³/mol. The zero-order valence-electron chi connectivity index (χ0n) is 11.2. The molecule has 0 radical (unpaired) electrons. The van der Waals surface area contributed by atoms with Gasteiger partial charge in [-0.2, -0.15) is 12.6 Å². The highest BCUT2D eigenvalue weighted by atomic mass is 32.2. The smallest absolute Gasteiger partial charge is 0.345 e. The van der Waals surface area contributed by atoms with Crippen LogP contribution in [0.5, 0.6) is 0 Å². The summed E-state index contributed by atoms with van der Waals surface area (Å²) in [5, 5.41) is 5.73. The van der Waals surface area contributed by atoms with Crippen LogP contribution >= 0.6 is 12.6 Å². The van der Waals surface area contributed by atoms with Crippen LogP contribution in [0.3, 0.4) is 0 Å². The molecule has 1 aromatic rings. The van der Waals surface area contributed by atoms with Gasteiger partial charge in [-0.05, 0) is 5.56 Å². The van der Waals surface area contributed by atoms with Gasteiger partial charge in [0.05, 0.1) is 0 Å². The van der Waals surface area contributed by atoms with Crippen molar-refractivity contribution in [2.45, 2.75) is 30.6 Å². The van der Waals surface area contributed by atoms with E-state index in [2.05, 4.69) is 12.6 Å². The maximum Gasteiger partial charge on any atom is 0.345 e. The fourth-order valence-corrected chi connectivity index (χ4v) is 4.00. The van der Waals surface area contributed by atoms with Gasteiger partial charge in [0.1, 0.15) is 6.61 Å². The molecule has 1 fully saturated rings. The van der Waals surface area contributed by atoms with E-state index in [4.69, 9.17) is 15.7 Å². The monoisotopic (exact) mass is 347 g/mol. The number of ether oxygens (including phenoxy) is 1. The number of carbonyl (C=O) groups excluding carboxylic acids is 1. The van der Waals surface area contributed by atoms with E-state index in [0.717, 1.165) is 10.6 Å². The highest BCUT2D eigenvalue weighted by Crippen LogP contribution is 2.34. The van der Waals surface area contributed by atoms with Crippen LogP contribution in [-0.4, -0.2) is 36.1 Å². The van der Waals surface area contributed by atoms with Crippen LogP contribution in [0, 0.1) is 0 Å². The first kappa shape index (κ1) is 18.9. The molecule has 0 bridgehead atoms. The summed E-state index contributed by atoms with van der Waals surface area (Å²) in [4.78, 5) is 10.2. The number of benzene rings is 1. The number of nitrogens with zero attached hydrogens (tertiary/aromatic N) is 1. The lowest BCUT2D eigenvalue weighted by Gasteiger charge is -2.30. The second-order valence-corrected chi connectivity index (χ2v) is 7.40. The summed E-state index contributed by atoms with van der Waals surface area (Å²) in [6, 6.07) is 8.90. The number of rotatable bonds is 4. The molecule has 1 heterocycles. The number of esters is 1. The normalized spacial score (nSPS) is 25.5. The molecule has 2 unspecified atom stereocenters. The second kappa shape index (κ2) is 6.97. The Labute approximate surface area is 136 Å². The predicted octanol–water partition coefficient (Wildman–Crippen LogP) is 0.228. The lowest BCUT2D eigenvalue weighted by molar-refractivity contribution is -0.152. The number of nitrogens with two attached hydrogens (primary N) is 2. The first-order chi connectivity index (χ1) is 9.77. The van der Waals surface area contributed by atoms with E-state index in [1.165, 1.54) is 0 Å². The van der Waals surface area contributed by atoms with Gasteiger partial charge in [-0.25, -0.2) is 23.4 Å². The lowest BCUT2D eigenvalue weighted by Crippen LogP contribution is -2.61. The minimum absolute atomic E-state index is 0. The average Bonchev–Trinajstić information content (AvgIpc) is 2.73. The van der Waals surface area contributed by atoms with Crippen molar-refractivity contribution in [1.82, 2.24) is 5.01 Å². The Kier molecular flexibility index (Phi) is 5.99. The number of hydrazine groups is 1. The summed E-state index contributed by atoms with van der Waals surface area (Å²) in [5.41, 5.74) is 0.736. The maximum absolute atomic E-state index is 12.3. The van der Waals surface area contributed by atoms with Gasteiger partial charge in [0.15, 0.2) is 0 Å². The SMILES string of the molecule is C.NN1CC(S)CC1(C(=O)OCc1ccccc1)S(N)(=O)=O. The molecule has 0 spiro atoms. The summed E-state index contributed by atoms with van der Waals surface area (Å²) in [6.45, 7) is 0.0714. The van der Waals surface area contributed by atoms with Crippen LogP contribution in [0.1, 0.15) is 19.4 Å². The number of hydrogen-bond acceptors (Lipinski definition) is 7. The van der Waals surface area contributed by atoms with Crippen LogP contribution in [0.25, 0.3) is 0 Å². The van der Waals surface area contributed by atoms with Crippen LogP contribution < -0.4 is 11.0 Å². The largest absolute Gasteiger partial charge is 0.459 e. The Morgan fingerprint density at radius 3 is 2.45 bits per heavy atom. The molecule has 2 rings (SSSR count). The van der Waals surface area contributed by atoms with Crippen LogP contribution in [0.2, 0.25) is 0 Å². The molecule has 1 aliphatic heterocycles. The van der Waals surface area contributed by atoms with Gasteiger partial charge in [-0.3, -0.25) is 5.84 Å². The van der Waals surface area contributed by atoms with E-state index in [9.17, 15) is 13.2 Å². The van der Waals surface area contributed by atoms with Gasteiger partial charge in [0.25, 0.3) is 0 Å².